The van der Waals surface area contributed by atoms with Crippen molar-refractivity contribution in [3.63, 3.8) is 0 Å². The van der Waals surface area contributed by atoms with E-state index in [1.54, 1.807) is 10.6 Å². The molecule has 0 radical (unpaired) electrons. The van der Waals surface area contributed by atoms with Crippen molar-refractivity contribution < 1.29 is 12.8 Å². The summed E-state index contributed by atoms with van der Waals surface area (Å²) >= 11 is 0. The van der Waals surface area contributed by atoms with E-state index in [0.29, 0.717) is 23.7 Å². The predicted molar refractivity (Wildman–Crippen MR) is 94.9 cm³/mol. The van der Waals surface area contributed by atoms with Gasteiger partial charge in [0.1, 0.15) is 11.6 Å². The van der Waals surface area contributed by atoms with Crippen molar-refractivity contribution in [2.75, 3.05) is 18.4 Å². The molecule has 0 atom stereocenters. The van der Waals surface area contributed by atoms with Gasteiger partial charge in [-0.25, -0.2) is 17.5 Å². The van der Waals surface area contributed by atoms with Crippen molar-refractivity contribution in [3.8, 4) is 0 Å². The van der Waals surface area contributed by atoms with Crippen LogP contribution < -0.4 is 10.0 Å². The van der Waals surface area contributed by atoms with Crippen LogP contribution in [0.3, 0.4) is 0 Å². The van der Waals surface area contributed by atoms with E-state index in [1.165, 1.54) is 12.1 Å². The molecule has 3 rings (SSSR count). The lowest BCUT2D eigenvalue weighted by atomic mass is 10.4. The molecule has 2 N–H and O–H groups in total. The summed E-state index contributed by atoms with van der Waals surface area (Å²) in [5, 5.41) is 15.7. The van der Waals surface area contributed by atoms with Crippen molar-refractivity contribution in [1.29, 1.82) is 0 Å². The van der Waals surface area contributed by atoms with Gasteiger partial charge in [-0.15, -0.1) is 15.3 Å². The highest BCUT2D eigenvalue weighted by molar-refractivity contribution is 7.89. The van der Waals surface area contributed by atoms with Gasteiger partial charge in [0.15, 0.2) is 11.5 Å². The van der Waals surface area contributed by atoms with E-state index in [-0.39, 0.29) is 11.4 Å². The van der Waals surface area contributed by atoms with Crippen LogP contribution in [0.4, 0.5) is 10.2 Å². The highest BCUT2D eigenvalue weighted by atomic mass is 32.2. The number of nitrogens with zero attached hydrogens (tertiary/aromatic N) is 4. The van der Waals surface area contributed by atoms with Gasteiger partial charge in [0.2, 0.25) is 10.0 Å². The SMILES string of the molecule is CCCNc1ccc2nnc(CCNS(=O)(=O)c3ccc(F)cc3)n2n1. The summed E-state index contributed by atoms with van der Waals surface area (Å²) in [7, 11) is -3.71. The average molecular weight is 378 g/mol. The molecule has 1 aromatic carbocycles. The Labute approximate surface area is 150 Å². The van der Waals surface area contributed by atoms with Crippen molar-refractivity contribution in [1.82, 2.24) is 24.5 Å². The average Bonchev–Trinajstić information content (AvgIpc) is 3.02. The second kappa shape index (κ2) is 7.75. The monoisotopic (exact) mass is 378 g/mol. The quantitative estimate of drug-likeness (QED) is 0.617. The minimum absolute atomic E-state index is 0.00850. The van der Waals surface area contributed by atoms with E-state index in [2.05, 4.69) is 32.3 Å². The van der Waals surface area contributed by atoms with Gasteiger partial charge in [0.25, 0.3) is 0 Å². The smallest absolute Gasteiger partial charge is 0.240 e. The Bertz CT molecular complexity index is 988. The minimum Gasteiger partial charge on any atom is -0.369 e. The Kier molecular flexibility index (Phi) is 5.43. The van der Waals surface area contributed by atoms with Gasteiger partial charge in [-0.1, -0.05) is 6.92 Å². The lowest BCUT2D eigenvalue weighted by Crippen LogP contribution is -2.26. The molecule has 0 fully saturated rings. The predicted octanol–water partition coefficient (Wildman–Crippen LogP) is 1.61. The Morgan fingerprint density at radius 1 is 1.08 bits per heavy atom. The molecular weight excluding hydrogens is 359 g/mol. The van der Waals surface area contributed by atoms with Crippen molar-refractivity contribution >= 4 is 21.5 Å². The molecule has 0 amide bonds. The van der Waals surface area contributed by atoms with Gasteiger partial charge in [0, 0.05) is 19.5 Å². The van der Waals surface area contributed by atoms with Gasteiger partial charge in [-0.05, 0) is 42.8 Å². The molecule has 0 saturated heterocycles. The first-order valence-corrected chi connectivity index (χ1v) is 9.68. The largest absolute Gasteiger partial charge is 0.369 e. The second-order valence-corrected chi connectivity index (χ2v) is 7.40. The van der Waals surface area contributed by atoms with E-state index in [4.69, 9.17) is 0 Å². The number of anilines is 1. The number of aromatic nitrogens is 4. The van der Waals surface area contributed by atoms with Crippen LogP contribution in [0.5, 0.6) is 0 Å². The molecule has 0 aliphatic carbocycles. The summed E-state index contributed by atoms with van der Waals surface area (Å²) < 4.78 is 41.4. The zero-order chi connectivity index (χ0) is 18.6. The van der Waals surface area contributed by atoms with Crippen LogP contribution in [0.15, 0.2) is 41.3 Å². The summed E-state index contributed by atoms with van der Waals surface area (Å²) in [6, 6.07) is 8.27. The molecule has 0 saturated carbocycles. The Morgan fingerprint density at radius 2 is 1.85 bits per heavy atom. The van der Waals surface area contributed by atoms with Gasteiger partial charge in [-0.2, -0.15) is 4.52 Å². The van der Waals surface area contributed by atoms with Gasteiger partial charge >= 0.3 is 0 Å². The third-order valence-corrected chi connectivity index (χ3v) is 5.13. The highest BCUT2D eigenvalue weighted by Gasteiger charge is 2.14. The maximum absolute atomic E-state index is 12.9. The third-order valence-electron chi connectivity index (χ3n) is 3.65. The van der Waals surface area contributed by atoms with Crippen LogP contribution in [-0.2, 0) is 16.4 Å². The number of halogens is 1. The molecule has 0 spiro atoms. The maximum Gasteiger partial charge on any atom is 0.240 e. The Hall–Kier alpha value is -2.59. The fourth-order valence-electron chi connectivity index (χ4n) is 2.33. The number of nitrogens with one attached hydrogen (secondary N) is 2. The summed E-state index contributed by atoms with van der Waals surface area (Å²) in [6.07, 6.45) is 1.28. The van der Waals surface area contributed by atoms with Gasteiger partial charge in [0.05, 0.1) is 4.90 Å². The number of hydrogen-bond donors (Lipinski definition) is 2. The Balaban J connectivity index is 1.68. The van der Waals surface area contributed by atoms with Crippen LogP contribution in [-0.4, -0.2) is 41.3 Å². The summed E-state index contributed by atoms with van der Waals surface area (Å²) in [6.45, 7) is 2.98. The third kappa shape index (κ3) is 4.14. The zero-order valence-electron chi connectivity index (χ0n) is 14.2. The van der Waals surface area contributed by atoms with E-state index >= 15 is 0 Å². The van der Waals surface area contributed by atoms with Crippen LogP contribution in [0.1, 0.15) is 19.2 Å². The standard InChI is InChI=1S/C16H19FN6O2S/c1-2-10-18-14-7-8-15-20-21-16(23(15)22-14)9-11-19-26(24,25)13-5-3-12(17)4-6-13/h3-8,19H,2,9-11H2,1H3,(H,18,22). The fraction of sp³-hybridized carbons (Fsp3) is 0.312. The van der Waals surface area contributed by atoms with Crippen molar-refractivity contribution in [3.05, 3.63) is 48.0 Å². The zero-order valence-corrected chi connectivity index (χ0v) is 15.0. The molecule has 0 unspecified atom stereocenters. The Morgan fingerprint density at radius 3 is 2.58 bits per heavy atom. The van der Waals surface area contributed by atoms with Crippen LogP contribution in [0, 0.1) is 5.82 Å². The molecule has 0 bridgehead atoms. The first kappa shape index (κ1) is 18.2. The second-order valence-electron chi connectivity index (χ2n) is 5.63. The molecule has 10 heteroatoms. The lowest BCUT2D eigenvalue weighted by Gasteiger charge is -2.07. The molecule has 0 aliphatic rings. The topological polar surface area (TPSA) is 101 Å². The molecule has 8 nitrogen and oxygen atoms in total. The number of sulfonamides is 1. The first-order valence-electron chi connectivity index (χ1n) is 8.20. The number of fused-ring (bicyclic) bond motifs is 1. The van der Waals surface area contributed by atoms with Crippen LogP contribution >= 0.6 is 0 Å². The van der Waals surface area contributed by atoms with Crippen LogP contribution in [0.2, 0.25) is 0 Å². The molecule has 26 heavy (non-hydrogen) atoms. The molecular formula is C16H19FN6O2S. The summed E-state index contributed by atoms with van der Waals surface area (Å²) in [4.78, 5) is 0.00850. The maximum atomic E-state index is 12.9. The highest BCUT2D eigenvalue weighted by Crippen LogP contribution is 2.10. The first-order chi connectivity index (χ1) is 12.5. The molecule has 0 aliphatic heterocycles. The van der Waals surface area contributed by atoms with Crippen LogP contribution in [0.25, 0.3) is 5.65 Å². The van der Waals surface area contributed by atoms with E-state index in [0.717, 1.165) is 25.1 Å². The van der Waals surface area contributed by atoms with Crippen molar-refractivity contribution in [2.24, 2.45) is 0 Å². The summed E-state index contributed by atoms with van der Waals surface area (Å²) in [5.41, 5.74) is 0.587. The lowest BCUT2D eigenvalue weighted by molar-refractivity contribution is 0.579. The molecule has 138 valence electrons. The normalized spacial score (nSPS) is 11.8. The van der Waals surface area contributed by atoms with E-state index in [1.807, 2.05) is 6.07 Å². The number of hydrogen-bond acceptors (Lipinski definition) is 6. The fourth-order valence-corrected chi connectivity index (χ4v) is 3.36. The minimum atomic E-state index is -3.71. The van der Waals surface area contributed by atoms with Gasteiger partial charge in [-0.3, -0.25) is 0 Å². The molecule has 3 aromatic rings. The molecule has 2 heterocycles. The summed E-state index contributed by atoms with van der Waals surface area (Å²) in [5.74, 6) is 0.756. The van der Waals surface area contributed by atoms with E-state index in [9.17, 15) is 12.8 Å². The van der Waals surface area contributed by atoms with E-state index < -0.39 is 15.8 Å². The number of rotatable bonds is 8. The molecule has 2 aromatic heterocycles. The van der Waals surface area contributed by atoms with Crippen molar-refractivity contribution in [2.45, 2.75) is 24.7 Å². The van der Waals surface area contributed by atoms with Gasteiger partial charge < -0.3 is 5.32 Å². The number of benzene rings is 1.